The Hall–Kier alpha value is -1.39. The van der Waals surface area contributed by atoms with Crippen LogP contribution in [0.2, 0.25) is 5.02 Å². The minimum atomic E-state index is -0.312. The van der Waals surface area contributed by atoms with Gasteiger partial charge in [-0.2, -0.15) is 0 Å². The molecule has 0 fully saturated rings. The first kappa shape index (κ1) is 13.1. The molecule has 0 N–H and O–H groups in total. The fraction of sp³-hybridized carbons (Fsp3) is 0.231. The van der Waals surface area contributed by atoms with Crippen LogP contribution < -0.4 is 0 Å². The van der Waals surface area contributed by atoms with Crippen LogP contribution in [0.1, 0.15) is 22.3 Å². The number of esters is 1. The van der Waals surface area contributed by atoms with Gasteiger partial charge in [-0.25, -0.2) is 9.78 Å². The molecule has 1 aromatic carbocycles. The minimum absolute atomic E-state index is 0.312. The Morgan fingerprint density at radius 3 is 2.67 bits per heavy atom. The topological polar surface area (TPSA) is 39.2 Å². The van der Waals surface area contributed by atoms with E-state index in [4.69, 9.17) is 16.3 Å². The Balaban J connectivity index is 2.34. The van der Waals surface area contributed by atoms with Crippen molar-refractivity contribution < 1.29 is 9.53 Å². The van der Waals surface area contributed by atoms with Crippen molar-refractivity contribution in [3.63, 3.8) is 0 Å². The van der Waals surface area contributed by atoms with E-state index in [0.29, 0.717) is 22.2 Å². The number of thiazole rings is 1. The molecule has 0 amide bonds. The Morgan fingerprint density at radius 2 is 2.06 bits per heavy atom. The summed E-state index contributed by atoms with van der Waals surface area (Å²) >= 11 is 7.17. The van der Waals surface area contributed by atoms with Crippen molar-refractivity contribution in [2.75, 3.05) is 6.61 Å². The number of carbonyl (C=O) groups is 1. The lowest BCUT2D eigenvalue weighted by Gasteiger charge is -1.97. The fourth-order valence-corrected chi connectivity index (χ4v) is 2.59. The molecule has 0 saturated carbocycles. The smallest absolute Gasteiger partial charge is 0.350 e. The molecular weight excluding hydrogens is 270 g/mol. The van der Waals surface area contributed by atoms with Crippen molar-refractivity contribution >= 4 is 28.9 Å². The van der Waals surface area contributed by atoms with Gasteiger partial charge in [-0.05, 0) is 26.0 Å². The number of hydrogen-bond donors (Lipinski definition) is 0. The van der Waals surface area contributed by atoms with E-state index in [0.717, 1.165) is 10.6 Å². The summed E-state index contributed by atoms with van der Waals surface area (Å²) < 4.78 is 4.99. The summed E-state index contributed by atoms with van der Waals surface area (Å²) in [5, 5.41) is 1.48. The first-order valence-electron chi connectivity index (χ1n) is 5.52. The van der Waals surface area contributed by atoms with Crippen LogP contribution in [-0.2, 0) is 4.74 Å². The van der Waals surface area contributed by atoms with Gasteiger partial charge in [-0.3, -0.25) is 0 Å². The third-order valence-electron chi connectivity index (χ3n) is 2.35. The van der Waals surface area contributed by atoms with E-state index in [9.17, 15) is 4.79 Å². The Morgan fingerprint density at radius 1 is 1.39 bits per heavy atom. The van der Waals surface area contributed by atoms with Crippen LogP contribution in [0.5, 0.6) is 0 Å². The lowest BCUT2D eigenvalue weighted by molar-refractivity contribution is 0.0531. The molecule has 1 aromatic heterocycles. The number of ether oxygens (including phenoxy) is 1. The molecule has 0 radical (unpaired) electrons. The van der Waals surface area contributed by atoms with Crippen molar-refractivity contribution in [2.24, 2.45) is 0 Å². The van der Waals surface area contributed by atoms with Gasteiger partial charge in [0, 0.05) is 10.6 Å². The Labute approximate surface area is 114 Å². The molecule has 0 aliphatic rings. The SMILES string of the molecule is CCOC(=O)c1sc(-c2ccc(Cl)cc2)nc1C. The van der Waals surface area contributed by atoms with Crippen LogP contribution in [0.3, 0.4) is 0 Å². The van der Waals surface area contributed by atoms with Crippen molar-refractivity contribution in [2.45, 2.75) is 13.8 Å². The first-order chi connectivity index (χ1) is 8.61. The largest absolute Gasteiger partial charge is 0.462 e. The number of hydrogen-bond acceptors (Lipinski definition) is 4. The fourth-order valence-electron chi connectivity index (χ4n) is 1.50. The van der Waals surface area contributed by atoms with E-state index in [1.54, 1.807) is 19.1 Å². The zero-order valence-corrected chi connectivity index (χ0v) is 11.6. The summed E-state index contributed by atoms with van der Waals surface area (Å²) in [5.74, 6) is -0.312. The van der Waals surface area contributed by atoms with E-state index >= 15 is 0 Å². The second-order valence-electron chi connectivity index (χ2n) is 3.66. The van der Waals surface area contributed by atoms with Gasteiger partial charge in [-0.1, -0.05) is 23.7 Å². The summed E-state index contributed by atoms with van der Waals surface area (Å²) in [6, 6.07) is 7.38. The van der Waals surface area contributed by atoms with Gasteiger partial charge >= 0.3 is 5.97 Å². The van der Waals surface area contributed by atoms with E-state index in [1.165, 1.54) is 11.3 Å². The van der Waals surface area contributed by atoms with Gasteiger partial charge in [0.1, 0.15) is 9.88 Å². The van der Waals surface area contributed by atoms with Crippen LogP contribution in [0, 0.1) is 6.92 Å². The van der Waals surface area contributed by atoms with Crippen molar-refractivity contribution in [1.82, 2.24) is 4.98 Å². The van der Waals surface area contributed by atoms with Crippen molar-refractivity contribution in [3.05, 3.63) is 39.9 Å². The molecular formula is C13H12ClNO2S. The zero-order chi connectivity index (χ0) is 13.1. The number of halogens is 1. The zero-order valence-electron chi connectivity index (χ0n) is 10.1. The number of carbonyl (C=O) groups excluding carboxylic acids is 1. The summed E-state index contributed by atoms with van der Waals surface area (Å²) in [6.45, 7) is 3.96. The summed E-state index contributed by atoms with van der Waals surface area (Å²) in [6.07, 6.45) is 0. The summed E-state index contributed by atoms with van der Waals surface area (Å²) in [4.78, 5) is 16.6. The van der Waals surface area contributed by atoms with Crippen molar-refractivity contribution in [1.29, 1.82) is 0 Å². The number of nitrogens with zero attached hydrogens (tertiary/aromatic N) is 1. The molecule has 0 saturated heterocycles. The molecule has 0 atom stereocenters. The van der Waals surface area contributed by atoms with Gasteiger partial charge in [0.05, 0.1) is 12.3 Å². The molecule has 2 aromatic rings. The second-order valence-corrected chi connectivity index (χ2v) is 5.10. The lowest BCUT2D eigenvalue weighted by atomic mass is 10.2. The highest BCUT2D eigenvalue weighted by molar-refractivity contribution is 7.17. The van der Waals surface area contributed by atoms with Gasteiger partial charge in [-0.15, -0.1) is 11.3 Å². The average Bonchev–Trinajstić information content (AvgIpc) is 2.72. The molecule has 94 valence electrons. The molecule has 5 heteroatoms. The molecule has 2 rings (SSSR count). The standard InChI is InChI=1S/C13H12ClNO2S/c1-3-17-13(16)11-8(2)15-12(18-11)9-4-6-10(14)7-5-9/h4-7H,3H2,1-2H3. The Bertz CT molecular complexity index is 563. The number of aryl methyl sites for hydroxylation is 1. The molecule has 1 heterocycles. The molecule has 0 aliphatic heterocycles. The summed E-state index contributed by atoms with van der Waals surface area (Å²) in [5.41, 5.74) is 1.64. The number of aromatic nitrogens is 1. The Kier molecular flexibility index (Phi) is 3.99. The number of benzene rings is 1. The van der Waals surface area contributed by atoms with E-state index in [-0.39, 0.29) is 5.97 Å². The maximum absolute atomic E-state index is 11.7. The van der Waals surface area contributed by atoms with E-state index in [2.05, 4.69) is 4.98 Å². The third-order valence-corrected chi connectivity index (χ3v) is 3.79. The van der Waals surface area contributed by atoms with Crippen molar-refractivity contribution in [3.8, 4) is 10.6 Å². The maximum atomic E-state index is 11.7. The highest BCUT2D eigenvalue weighted by atomic mass is 35.5. The second kappa shape index (κ2) is 5.50. The quantitative estimate of drug-likeness (QED) is 0.800. The van der Waals surface area contributed by atoms with Gasteiger partial charge in [0.15, 0.2) is 0 Å². The first-order valence-corrected chi connectivity index (χ1v) is 6.71. The molecule has 0 bridgehead atoms. The molecule has 3 nitrogen and oxygen atoms in total. The molecule has 0 spiro atoms. The van der Waals surface area contributed by atoms with Gasteiger partial charge in [0.25, 0.3) is 0 Å². The minimum Gasteiger partial charge on any atom is -0.462 e. The number of rotatable bonds is 3. The molecule has 0 aliphatic carbocycles. The average molecular weight is 282 g/mol. The highest BCUT2D eigenvalue weighted by Crippen LogP contribution is 2.29. The third kappa shape index (κ3) is 2.71. The molecule has 0 unspecified atom stereocenters. The monoisotopic (exact) mass is 281 g/mol. The van der Waals surface area contributed by atoms with E-state index < -0.39 is 0 Å². The van der Waals surface area contributed by atoms with Crippen LogP contribution >= 0.6 is 22.9 Å². The van der Waals surface area contributed by atoms with Crippen LogP contribution in [0.25, 0.3) is 10.6 Å². The van der Waals surface area contributed by atoms with E-state index in [1.807, 2.05) is 19.1 Å². The maximum Gasteiger partial charge on any atom is 0.350 e. The molecule has 18 heavy (non-hydrogen) atoms. The predicted molar refractivity (Wildman–Crippen MR) is 73.3 cm³/mol. The van der Waals surface area contributed by atoms with Crippen LogP contribution in [0.4, 0.5) is 0 Å². The van der Waals surface area contributed by atoms with Gasteiger partial charge in [0.2, 0.25) is 0 Å². The predicted octanol–water partition coefficient (Wildman–Crippen LogP) is 3.95. The highest BCUT2D eigenvalue weighted by Gasteiger charge is 2.16. The normalized spacial score (nSPS) is 10.4. The van der Waals surface area contributed by atoms with Crippen LogP contribution in [-0.4, -0.2) is 17.6 Å². The lowest BCUT2D eigenvalue weighted by Crippen LogP contribution is -2.03. The van der Waals surface area contributed by atoms with Gasteiger partial charge < -0.3 is 4.74 Å². The van der Waals surface area contributed by atoms with Crippen LogP contribution in [0.15, 0.2) is 24.3 Å². The summed E-state index contributed by atoms with van der Waals surface area (Å²) in [7, 11) is 0.